The fourth-order valence-electron chi connectivity index (χ4n) is 1.04. The number of carbonyl (C=O) groups is 1. The molecule has 1 N–H and O–H groups in total. The molecule has 1 unspecified atom stereocenters. The number of carboxylic acids is 1. The minimum absolute atomic E-state index is 0.192. The third-order valence-electron chi connectivity index (χ3n) is 2.36. The molecule has 0 heterocycles. The van der Waals surface area contributed by atoms with Crippen LogP contribution in [-0.2, 0) is 9.53 Å². The number of methoxy groups -OCH3 is 1. The first kappa shape index (κ1) is 11.4. The van der Waals surface area contributed by atoms with Gasteiger partial charge in [0.05, 0.1) is 6.42 Å². The van der Waals surface area contributed by atoms with Crippen molar-refractivity contribution in [1.29, 1.82) is 0 Å². The molecule has 0 saturated heterocycles. The molecule has 0 saturated carbocycles. The lowest BCUT2D eigenvalue weighted by Gasteiger charge is -2.29. The van der Waals surface area contributed by atoms with Crippen LogP contribution < -0.4 is 0 Å². The molecule has 12 heavy (non-hydrogen) atoms. The standard InChI is InChI=1S/C9H18O3/c1-7(6-12-4)9(2,3)5-8(10)11/h7H,5-6H2,1-4H3,(H,10,11). The van der Waals surface area contributed by atoms with Gasteiger partial charge in [0.2, 0.25) is 0 Å². The van der Waals surface area contributed by atoms with E-state index in [1.807, 2.05) is 20.8 Å². The molecule has 3 nitrogen and oxygen atoms in total. The molecule has 0 aromatic rings. The van der Waals surface area contributed by atoms with Crippen LogP contribution in [-0.4, -0.2) is 24.8 Å². The lowest BCUT2D eigenvalue weighted by atomic mass is 9.78. The van der Waals surface area contributed by atoms with E-state index in [0.29, 0.717) is 6.61 Å². The van der Waals surface area contributed by atoms with Crippen molar-refractivity contribution in [1.82, 2.24) is 0 Å². The number of carboxylic acid groups (broad SMARTS) is 1. The molecule has 0 radical (unpaired) electrons. The maximum atomic E-state index is 10.5. The van der Waals surface area contributed by atoms with Gasteiger partial charge in [0.1, 0.15) is 0 Å². The smallest absolute Gasteiger partial charge is 0.303 e. The van der Waals surface area contributed by atoms with Gasteiger partial charge in [-0.1, -0.05) is 20.8 Å². The Morgan fingerprint density at radius 2 is 2.08 bits per heavy atom. The van der Waals surface area contributed by atoms with Crippen molar-refractivity contribution in [3.63, 3.8) is 0 Å². The zero-order valence-electron chi connectivity index (χ0n) is 8.26. The molecule has 0 aliphatic rings. The van der Waals surface area contributed by atoms with Crippen LogP contribution >= 0.6 is 0 Å². The summed E-state index contributed by atoms with van der Waals surface area (Å²) in [6, 6.07) is 0. The lowest BCUT2D eigenvalue weighted by Crippen LogP contribution is -2.28. The molecule has 0 aliphatic heterocycles. The Kier molecular flexibility index (Phi) is 4.24. The third-order valence-corrected chi connectivity index (χ3v) is 2.36. The maximum Gasteiger partial charge on any atom is 0.303 e. The van der Waals surface area contributed by atoms with Crippen LogP contribution in [0.4, 0.5) is 0 Å². The van der Waals surface area contributed by atoms with Crippen LogP contribution in [0.15, 0.2) is 0 Å². The first-order valence-electron chi connectivity index (χ1n) is 4.11. The summed E-state index contributed by atoms with van der Waals surface area (Å²) >= 11 is 0. The molecule has 0 bridgehead atoms. The third kappa shape index (κ3) is 3.72. The molecule has 0 aromatic heterocycles. The van der Waals surface area contributed by atoms with E-state index < -0.39 is 5.97 Å². The summed E-state index contributed by atoms with van der Waals surface area (Å²) in [6.07, 6.45) is 0.192. The van der Waals surface area contributed by atoms with Gasteiger partial charge >= 0.3 is 5.97 Å². The largest absolute Gasteiger partial charge is 0.481 e. The maximum absolute atomic E-state index is 10.5. The minimum Gasteiger partial charge on any atom is -0.481 e. The fourth-order valence-corrected chi connectivity index (χ4v) is 1.04. The zero-order chi connectivity index (χ0) is 9.78. The summed E-state index contributed by atoms with van der Waals surface area (Å²) in [5, 5.41) is 8.63. The first-order chi connectivity index (χ1) is 5.40. The summed E-state index contributed by atoms with van der Waals surface area (Å²) in [7, 11) is 1.63. The van der Waals surface area contributed by atoms with Crippen LogP contribution in [0.5, 0.6) is 0 Å². The van der Waals surface area contributed by atoms with E-state index in [4.69, 9.17) is 9.84 Å². The van der Waals surface area contributed by atoms with Crippen molar-refractivity contribution >= 4 is 5.97 Å². The van der Waals surface area contributed by atoms with E-state index in [9.17, 15) is 4.79 Å². The van der Waals surface area contributed by atoms with Gasteiger partial charge in [-0.25, -0.2) is 0 Å². The van der Waals surface area contributed by atoms with Crippen molar-refractivity contribution in [2.45, 2.75) is 27.2 Å². The highest BCUT2D eigenvalue weighted by Gasteiger charge is 2.28. The van der Waals surface area contributed by atoms with Crippen LogP contribution in [0.3, 0.4) is 0 Å². The second-order valence-electron chi connectivity index (χ2n) is 3.92. The van der Waals surface area contributed by atoms with Gasteiger partial charge in [0.15, 0.2) is 0 Å². The average Bonchev–Trinajstić information content (AvgIpc) is 1.85. The normalized spacial score (nSPS) is 14.3. The monoisotopic (exact) mass is 174 g/mol. The van der Waals surface area contributed by atoms with E-state index in [2.05, 4.69) is 0 Å². The summed E-state index contributed by atoms with van der Waals surface area (Å²) in [4.78, 5) is 10.5. The van der Waals surface area contributed by atoms with Crippen molar-refractivity contribution in [2.24, 2.45) is 11.3 Å². The molecule has 0 rings (SSSR count). The molecule has 0 aromatic carbocycles. The second kappa shape index (κ2) is 4.45. The quantitative estimate of drug-likeness (QED) is 0.691. The SMILES string of the molecule is COCC(C)C(C)(C)CC(=O)O. The van der Waals surface area contributed by atoms with Gasteiger partial charge < -0.3 is 9.84 Å². The Labute approximate surface area is 73.7 Å². The number of hydrogen-bond donors (Lipinski definition) is 1. The second-order valence-corrected chi connectivity index (χ2v) is 3.92. The van der Waals surface area contributed by atoms with E-state index in [-0.39, 0.29) is 17.8 Å². The summed E-state index contributed by atoms with van der Waals surface area (Å²) < 4.78 is 4.98. The summed E-state index contributed by atoms with van der Waals surface area (Å²) in [5.41, 5.74) is -0.193. The molecule has 0 amide bonds. The van der Waals surface area contributed by atoms with Gasteiger partial charge in [0, 0.05) is 13.7 Å². The Bertz CT molecular complexity index is 152. The van der Waals surface area contributed by atoms with Crippen LogP contribution in [0.1, 0.15) is 27.2 Å². The van der Waals surface area contributed by atoms with Crippen molar-refractivity contribution in [3.8, 4) is 0 Å². The van der Waals surface area contributed by atoms with E-state index in [0.717, 1.165) is 0 Å². The Balaban J connectivity index is 4.07. The van der Waals surface area contributed by atoms with Crippen LogP contribution in [0.25, 0.3) is 0 Å². The molecule has 0 spiro atoms. The Morgan fingerprint density at radius 3 is 2.42 bits per heavy atom. The number of aliphatic carboxylic acids is 1. The molecule has 1 atom stereocenters. The van der Waals surface area contributed by atoms with Crippen molar-refractivity contribution in [2.75, 3.05) is 13.7 Å². The molecular weight excluding hydrogens is 156 g/mol. The number of rotatable bonds is 5. The van der Waals surface area contributed by atoms with Gasteiger partial charge in [-0.15, -0.1) is 0 Å². The van der Waals surface area contributed by atoms with Gasteiger partial charge in [-0.05, 0) is 11.3 Å². The highest BCUT2D eigenvalue weighted by molar-refractivity contribution is 5.67. The first-order valence-corrected chi connectivity index (χ1v) is 4.11. The average molecular weight is 174 g/mol. The minimum atomic E-state index is -0.747. The predicted molar refractivity (Wildman–Crippen MR) is 47.1 cm³/mol. The van der Waals surface area contributed by atoms with Crippen LogP contribution in [0, 0.1) is 11.3 Å². The molecule has 0 aliphatic carbocycles. The van der Waals surface area contributed by atoms with Crippen molar-refractivity contribution < 1.29 is 14.6 Å². The molecule has 0 fully saturated rings. The summed E-state index contributed by atoms with van der Waals surface area (Å²) in [5.74, 6) is -0.485. The highest BCUT2D eigenvalue weighted by atomic mass is 16.5. The van der Waals surface area contributed by atoms with Crippen LogP contribution in [0.2, 0.25) is 0 Å². The van der Waals surface area contributed by atoms with E-state index in [1.54, 1.807) is 7.11 Å². The van der Waals surface area contributed by atoms with E-state index in [1.165, 1.54) is 0 Å². The topological polar surface area (TPSA) is 46.5 Å². The molecular formula is C9H18O3. The predicted octanol–water partition coefficient (Wildman–Crippen LogP) is 1.77. The highest BCUT2D eigenvalue weighted by Crippen LogP contribution is 2.30. The van der Waals surface area contributed by atoms with Gasteiger partial charge in [-0.3, -0.25) is 4.79 Å². The lowest BCUT2D eigenvalue weighted by molar-refractivity contribution is -0.140. The number of ether oxygens (including phenoxy) is 1. The summed E-state index contributed by atoms with van der Waals surface area (Å²) in [6.45, 7) is 6.52. The zero-order valence-corrected chi connectivity index (χ0v) is 8.26. The Hall–Kier alpha value is -0.570. The Morgan fingerprint density at radius 1 is 1.58 bits per heavy atom. The van der Waals surface area contributed by atoms with Crippen molar-refractivity contribution in [3.05, 3.63) is 0 Å². The van der Waals surface area contributed by atoms with Gasteiger partial charge in [-0.2, -0.15) is 0 Å². The van der Waals surface area contributed by atoms with Gasteiger partial charge in [0.25, 0.3) is 0 Å². The molecule has 3 heteroatoms. The number of hydrogen-bond acceptors (Lipinski definition) is 2. The van der Waals surface area contributed by atoms with E-state index >= 15 is 0 Å². The molecule has 72 valence electrons. The fraction of sp³-hybridized carbons (Fsp3) is 0.889.